The number of benzene rings is 1. The van der Waals surface area contributed by atoms with E-state index in [9.17, 15) is 8.78 Å². The maximum atomic E-state index is 13.8. The van der Waals surface area contributed by atoms with Crippen LogP contribution in [0.3, 0.4) is 0 Å². The summed E-state index contributed by atoms with van der Waals surface area (Å²) in [6, 6.07) is 3.43. The molecular weight excluding hydrogens is 230 g/mol. The van der Waals surface area contributed by atoms with Crippen molar-refractivity contribution in [2.45, 2.75) is 53.4 Å². The number of aryl methyl sites for hydroxylation is 3. The summed E-state index contributed by atoms with van der Waals surface area (Å²) >= 11 is 0. The maximum absolute atomic E-state index is 13.8. The molecule has 0 heterocycles. The second-order valence-corrected chi connectivity index (χ2v) is 4.76. The number of hydrogen-bond donors (Lipinski definition) is 0. The molecule has 2 heteroatoms. The first kappa shape index (κ1) is 14.9. The van der Waals surface area contributed by atoms with E-state index in [1.54, 1.807) is 13.0 Å². The summed E-state index contributed by atoms with van der Waals surface area (Å²) in [5, 5.41) is 0. The van der Waals surface area contributed by atoms with E-state index in [1.807, 2.05) is 26.8 Å². The molecule has 0 amide bonds. The number of rotatable bonds is 5. The van der Waals surface area contributed by atoms with Crippen LogP contribution in [0.1, 0.15) is 50.3 Å². The average molecular weight is 252 g/mol. The monoisotopic (exact) mass is 252 g/mol. The van der Waals surface area contributed by atoms with Crippen LogP contribution in [-0.2, 0) is 12.8 Å². The molecule has 0 aliphatic rings. The van der Waals surface area contributed by atoms with Crippen LogP contribution >= 0.6 is 0 Å². The van der Waals surface area contributed by atoms with E-state index in [0.717, 1.165) is 23.1 Å². The Kier molecular flexibility index (Phi) is 5.52. The third-order valence-electron chi connectivity index (χ3n) is 3.49. The molecule has 0 saturated heterocycles. The van der Waals surface area contributed by atoms with Crippen LogP contribution in [0.5, 0.6) is 0 Å². The second kappa shape index (κ2) is 6.67. The largest absolute Gasteiger partial charge is 0.212 e. The minimum Gasteiger partial charge on any atom is -0.212 e. The van der Waals surface area contributed by atoms with Gasteiger partial charge in [-0.15, -0.1) is 0 Å². The van der Waals surface area contributed by atoms with Crippen LogP contribution < -0.4 is 0 Å². The normalized spacial score (nSPS) is 12.6. The molecule has 0 aliphatic heterocycles. The molecule has 0 saturated carbocycles. The minimum atomic E-state index is -0.216. The Morgan fingerprint density at radius 3 is 2.39 bits per heavy atom. The maximum Gasteiger partial charge on any atom is 0.126 e. The molecule has 0 fully saturated rings. The molecule has 0 aliphatic carbocycles. The topological polar surface area (TPSA) is 0 Å². The van der Waals surface area contributed by atoms with Gasteiger partial charge < -0.3 is 0 Å². The van der Waals surface area contributed by atoms with Crippen molar-refractivity contribution in [2.24, 2.45) is 0 Å². The van der Waals surface area contributed by atoms with Crippen molar-refractivity contribution < 1.29 is 8.78 Å². The van der Waals surface area contributed by atoms with Crippen LogP contribution in [0, 0.1) is 12.7 Å². The van der Waals surface area contributed by atoms with Crippen molar-refractivity contribution in [2.75, 3.05) is 0 Å². The summed E-state index contributed by atoms with van der Waals surface area (Å²) in [7, 11) is 0. The highest BCUT2D eigenvalue weighted by molar-refractivity contribution is 5.32. The zero-order valence-electron chi connectivity index (χ0n) is 11.7. The lowest BCUT2D eigenvalue weighted by Crippen LogP contribution is -1.97. The summed E-state index contributed by atoms with van der Waals surface area (Å²) in [5.41, 5.74) is 3.50. The zero-order chi connectivity index (χ0) is 13.7. The average Bonchev–Trinajstić information content (AvgIpc) is 2.36. The fourth-order valence-electron chi connectivity index (χ4n) is 1.99. The second-order valence-electron chi connectivity index (χ2n) is 4.76. The van der Waals surface area contributed by atoms with Crippen molar-refractivity contribution in [3.8, 4) is 0 Å². The number of hydrogen-bond acceptors (Lipinski definition) is 0. The van der Waals surface area contributed by atoms with Gasteiger partial charge in [-0.25, -0.2) is 8.78 Å². The Labute approximate surface area is 109 Å². The fraction of sp³-hybridized carbons (Fsp3) is 0.500. The van der Waals surface area contributed by atoms with Crippen LogP contribution in [0.25, 0.3) is 0 Å². The summed E-state index contributed by atoms with van der Waals surface area (Å²) in [5.74, 6) is -0.317. The van der Waals surface area contributed by atoms with E-state index in [4.69, 9.17) is 0 Å². The van der Waals surface area contributed by atoms with Gasteiger partial charge in [0.2, 0.25) is 0 Å². The summed E-state index contributed by atoms with van der Waals surface area (Å²) < 4.78 is 27.4. The van der Waals surface area contributed by atoms with E-state index in [2.05, 4.69) is 0 Å². The van der Waals surface area contributed by atoms with E-state index in [1.165, 1.54) is 0 Å². The Hall–Kier alpha value is -1.18. The van der Waals surface area contributed by atoms with Gasteiger partial charge in [-0.3, -0.25) is 0 Å². The molecule has 0 N–H and O–H groups in total. The van der Waals surface area contributed by atoms with Gasteiger partial charge in [-0.1, -0.05) is 19.9 Å². The van der Waals surface area contributed by atoms with E-state index in [0.29, 0.717) is 24.8 Å². The van der Waals surface area contributed by atoms with Gasteiger partial charge in [0.25, 0.3) is 0 Å². The Balaban J connectivity index is 2.85. The fourth-order valence-corrected chi connectivity index (χ4v) is 1.99. The molecule has 0 atom stereocenters. The molecule has 1 rings (SSSR count). The molecule has 0 spiro atoms. The van der Waals surface area contributed by atoms with Gasteiger partial charge >= 0.3 is 0 Å². The molecule has 0 bridgehead atoms. The van der Waals surface area contributed by atoms with Crippen LogP contribution in [-0.4, -0.2) is 0 Å². The highest BCUT2D eigenvalue weighted by Gasteiger charge is 2.08. The quantitative estimate of drug-likeness (QED) is 0.668. The van der Waals surface area contributed by atoms with Crippen molar-refractivity contribution in [1.29, 1.82) is 0 Å². The molecule has 1 aromatic carbocycles. The Morgan fingerprint density at radius 2 is 1.83 bits per heavy atom. The number of allylic oxidation sites excluding steroid dienone is 2. The number of halogens is 2. The van der Waals surface area contributed by atoms with Crippen LogP contribution in [0.2, 0.25) is 0 Å². The third kappa shape index (κ3) is 3.66. The molecule has 0 nitrogen and oxygen atoms in total. The van der Waals surface area contributed by atoms with Gasteiger partial charge in [-0.2, -0.15) is 0 Å². The van der Waals surface area contributed by atoms with Gasteiger partial charge in [-0.05, 0) is 61.4 Å². The standard InChI is InChI=1S/C16H22F2/c1-5-11(3)15(17)8-7-14-10-13(6-2)12(4)9-16(14)18/h9-10H,5-8H2,1-4H3. The smallest absolute Gasteiger partial charge is 0.126 e. The summed E-state index contributed by atoms with van der Waals surface area (Å²) in [6.45, 7) is 7.67. The predicted molar refractivity (Wildman–Crippen MR) is 72.9 cm³/mol. The van der Waals surface area contributed by atoms with E-state index >= 15 is 0 Å². The highest BCUT2D eigenvalue weighted by Crippen LogP contribution is 2.21. The lowest BCUT2D eigenvalue weighted by Gasteiger charge is -2.09. The lowest BCUT2D eigenvalue weighted by molar-refractivity contribution is 0.558. The van der Waals surface area contributed by atoms with E-state index < -0.39 is 0 Å². The predicted octanol–water partition coefficient (Wildman–Crippen LogP) is 5.28. The van der Waals surface area contributed by atoms with Crippen molar-refractivity contribution >= 4 is 0 Å². The SMILES string of the molecule is CCC(C)=C(F)CCc1cc(CC)c(C)cc1F. The highest BCUT2D eigenvalue weighted by atomic mass is 19.1. The van der Waals surface area contributed by atoms with Crippen molar-refractivity contribution in [3.05, 3.63) is 46.0 Å². The lowest BCUT2D eigenvalue weighted by atomic mass is 9.99. The third-order valence-corrected chi connectivity index (χ3v) is 3.49. The van der Waals surface area contributed by atoms with Gasteiger partial charge in [0.15, 0.2) is 0 Å². The molecule has 1 aromatic rings. The molecule has 0 radical (unpaired) electrons. The van der Waals surface area contributed by atoms with Crippen molar-refractivity contribution in [1.82, 2.24) is 0 Å². The summed E-state index contributed by atoms with van der Waals surface area (Å²) in [4.78, 5) is 0. The first-order chi connectivity index (χ1) is 8.49. The molecular formula is C16H22F2. The Bertz CT molecular complexity index is 445. The van der Waals surface area contributed by atoms with Gasteiger partial charge in [0.05, 0.1) is 5.83 Å². The summed E-state index contributed by atoms with van der Waals surface area (Å²) in [6.07, 6.45) is 2.32. The van der Waals surface area contributed by atoms with Gasteiger partial charge in [0.1, 0.15) is 5.82 Å². The molecule has 100 valence electrons. The molecule has 18 heavy (non-hydrogen) atoms. The zero-order valence-corrected chi connectivity index (χ0v) is 11.7. The van der Waals surface area contributed by atoms with Gasteiger partial charge in [0, 0.05) is 6.42 Å². The molecule has 0 unspecified atom stereocenters. The van der Waals surface area contributed by atoms with Crippen molar-refractivity contribution in [3.63, 3.8) is 0 Å². The van der Waals surface area contributed by atoms with Crippen LogP contribution in [0.4, 0.5) is 8.78 Å². The molecule has 0 aromatic heterocycles. The Morgan fingerprint density at radius 1 is 1.17 bits per heavy atom. The van der Waals surface area contributed by atoms with Crippen LogP contribution in [0.15, 0.2) is 23.5 Å². The first-order valence-electron chi connectivity index (χ1n) is 6.61. The van der Waals surface area contributed by atoms with E-state index in [-0.39, 0.29) is 11.6 Å². The minimum absolute atomic E-state index is 0.101. The first-order valence-corrected chi connectivity index (χ1v) is 6.61.